The molecule has 0 aromatic carbocycles. The van der Waals surface area contributed by atoms with E-state index in [4.69, 9.17) is 46.9 Å². The van der Waals surface area contributed by atoms with E-state index in [1.807, 2.05) is 21.5 Å². The Morgan fingerprint density at radius 1 is 0.930 bits per heavy atom. The molecule has 0 aliphatic heterocycles. The molecule has 0 unspecified atom stereocenters. The minimum atomic E-state index is -5.19. The first kappa shape index (κ1) is 40.7. The molecule has 0 radical (unpaired) electrons. The number of carbonyl (C=O) groups excluding carboxylic acids is 1. The van der Waals surface area contributed by atoms with Gasteiger partial charge in [-0.25, -0.2) is 18.7 Å². The topological polar surface area (TPSA) is 244 Å². The predicted molar refractivity (Wildman–Crippen MR) is 122 cm³/mol. The Kier molecular flexibility index (Phi) is 17.2. The lowest BCUT2D eigenvalue weighted by molar-refractivity contribution is -0.683. The molecule has 2 rings (SSSR count). The fourth-order valence-corrected chi connectivity index (χ4v) is 2.06. The third-order valence-electron chi connectivity index (χ3n) is 4.07. The maximum absolute atomic E-state index is 10.6. The van der Waals surface area contributed by atoms with Crippen LogP contribution in [0.25, 0.3) is 0 Å². The molecule has 0 atom stereocenters. The number of imidazole rings is 1. The van der Waals surface area contributed by atoms with Gasteiger partial charge in [-0.2, -0.15) is 44.6 Å². The van der Waals surface area contributed by atoms with E-state index in [2.05, 4.69) is 15.3 Å². The Bertz CT molecular complexity index is 1110. The van der Waals surface area contributed by atoms with Crippen LogP contribution < -0.4 is 26.9 Å². The Hall–Kier alpha value is -4.48. The summed E-state index contributed by atoms with van der Waals surface area (Å²) in [4.78, 5) is 26.6. The molecule has 43 heavy (non-hydrogen) atoms. The van der Waals surface area contributed by atoms with Crippen LogP contribution in [0.15, 0.2) is 28.8 Å². The highest BCUT2D eigenvalue weighted by atomic mass is 19.4. The summed E-state index contributed by atoms with van der Waals surface area (Å²) in [6, 6.07) is 0. The van der Waals surface area contributed by atoms with E-state index in [9.17, 15) is 39.5 Å². The number of nitrogens with two attached hydrogens (primary N) is 3. The van der Waals surface area contributed by atoms with Crippen molar-refractivity contribution in [1.82, 2.24) is 14.3 Å². The minimum absolute atomic E-state index is 0.484. The molecular weight excluding hydrogens is 621 g/mol. The number of carboxylic acids is 3. The Labute approximate surface area is 235 Å². The SMILES string of the molecule is Cn1ncc(/N=N/c2n(CCCN)cc[n+]2CCCN)c1N.O=C(O)C(F)(F)F.O=C(O)C(F)(F)F.O=C([O-])C(F)(F)F. The molecular formula is C19H26F9N9O6. The average molecular weight is 647 g/mol. The summed E-state index contributed by atoms with van der Waals surface area (Å²) >= 11 is 0. The standard InChI is InChI=1S/C13H23N9.3C2HF3O2/c1-20-12(16)11(10-17-20)18-19-13-21(6-2-4-14)8-9-22(13)7-3-5-15;3*3-2(4,5)1(6)7/h8-10,16H,2-7,14-15H2,1H3;3*(H,6,7). The van der Waals surface area contributed by atoms with E-state index >= 15 is 0 Å². The van der Waals surface area contributed by atoms with E-state index in [1.165, 1.54) is 0 Å². The molecule has 2 heterocycles. The second kappa shape index (κ2) is 18.1. The van der Waals surface area contributed by atoms with Crippen molar-refractivity contribution in [2.45, 2.75) is 44.5 Å². The summed E-state index contributed by atoms with van der Waals surface area (Å²) in [7, 11) is 1.76. The van der Waals surface area contributed by atoms with Gasteiger partial charge in [-0.15, -0.1) is 0 Å². The number of alkyl halides is 9. The quantitative estimate of drug-likeness (QED) is 0.153. The lowest BCUT2D eigenvalue weighted by Gasteiger charge is -2.03. The normalized spacial score (nSPS) is 11.4. The van der Waals surface area contributed by atoms with Crippen LogP contribution >= 0.6 is 0 Å². The Morgan fingerprint density at radius 2 is 1.37 bits per heavy atom. The molecule has 8 N–H and O–H groups in total. The number of aliphatic carboxylic acids is 3. The van der Waals surface area contributed by atoms with Crippen molar-refractivity contribution in [1.29, 1.82) is 0 Å². The molecule has 0 saturated carbocycles. The Morgan fingerprint density at radius 3 is 1.70 bits per heavy atom. The van der Waals surface area contributed by atoms with Crippen LogP contribution in [0.5, 0.6) is 0 Å². The van der Waals surface area contributed by atoms with Gasteiger partial charge in [-0.05, 0) is 25.9 Å². The number of anilines is 1. The third-order valence-corrected chi connectivity index (χ3v) is 4.07. The van der Waals surface area contributed by atoms with Gasteiger partial charge in [0.15, 0.2) is 11.5 Å². The van der Waals surface area contributed by atoms with Crippen molar-refractivity contribution < 1.29 is 73.8 Å². The molecule has 24 heteroatoms. The molecule has 15 nitrogen and oxygen atoms in total. The number of carbonyl (C=O) groups is 3. The summed E-state index contributed by atoms with van der Waals surface area (Å²) < 4.78 is 101. The molecule has 0 fully saturated rings. The number of carboxylic acid groups (broad SMARTS) is 3. The number of hydrogen-bond donors (Lipinski definition) is 5. The van der Waals surface area contributed by atoms with E-state index in [1.54, 1.807) is 17.9 Å². The molecule has 0 spiro atoms. The van der Waals surface area contributed by atoms with Crippen LogP contribution in [0.3, 0.4) is 0 Å². The van der Waals surface area contributed by atoms with Gasteiger partial charge in [-0.1, -0.05) is 5.11 Å². The van der Waals surface area contributed by atoms with Crippen molar-refractivity contribution >= 4 is 35.4 Å². The number of rotatable bonds is 8. The van der Waals surface area contributed by atoms with Crippen LogP contribution in [0.2, 0.25) is 0 Å². The zero-order valence-corrected chi connectivity index (χ0v) is 21.8. The molecule has 2 aromatic heterocycles. The van der Waals surface area contributed by atoms with E-state index in [0.29, 0.717) is 24.6 Å². The van der Waals surface area contributed by atoms with E-state index in [0.717, 1.165) is 31.9 Å². The van der Waals surface area contributed by atoms with E-state index in [-0.39, 0.29) is 0 Å². The smallest absolute Gasteiger partial charge is 0.490 e. The Balaban J connectivity index is 0. The monoisotopic (exact) mass is 647 g/mol. The molecule has 2 aromatic rings. The van der Waals surface area contributed by atoms with Gasteiger partial charge in [0.05, 0.1) is 31.7 Å². The first-order chi connectivity index (χ1) is 19.5. The first-order valence-electron chi connectivity index (χ1n) is 11.1. The maximum atomic E-state index is 10.6. The number of halogens is 9. The van der Waals surface area contributed by atoms with Crippen LogP contribution in [-0.2, 0) is 34.5 Å². The summed E-state index contributed by atoms with van der Waals surface area (Å²) in [5, 5.41) is 35.7. The van der Waals surface area contributed by atoms with Gasteiger partial charge >= 0.3 is 36.4 Å². The fourth-order valence-electron chi connectivity index (χ4n) is 2.06. The number of aromatic nitrogens is 4. The molecule has 0 bridgehead atoms. The zero-order valence-electron chi connectivity index (χ0n) is 21.8. The van der Waals surface area contributed by atoms with Crippen LogP contribution in [0.4, 0.5) is 57.0 Å². The van der Waals surface area contributed by atoms with Gasteiger partial charge < -0.3 is 37.3 Å². The third kappa shape index (κ3) is 17.2. The molecule has 0 aliphatic rings. The average Bonchev–Trinajstić information content (AvgIpc) is 3.41. The number of nitrogen functional groups attached to an aromatic ring is 1. The van der Waals surface area contributed by atoms with Gasteiger partial charge in [0.1, 0.15) is 5.97 Å². The summed E-state index contributed by atoms with van der Waals surface area (Å²) in [5.74, 6) is -7.28. The molecule has 246 valence electrons. The van der Waals surface area contributed by atoms with Crippen LogP contribution in [-0.4, -0.2) is 74.1 Å². The summed E-state index contributed by atoms with van der Waals surface area (Å²) in [6.07, 6.45) is -8.05. The fraction of sp³-hybridized carbons (Fsp3) is 0.526. The number of aryl methyl sites for hydroxylation is 3. The molecule has 0 aliphatic carbocycles. The maximum Gasteiger partial charge on any atom is 0.490 e. The lowest BCUT2D eigenvalue weighted by Crippen LogP contribution is -2.37. The van der Waals surface area contributed by atoms with Crippen molar-refractivity contribution in [3.63, 3.8) is 0 Å². The minimum Gasteiger partial charge on any atom is -0.542 e. The van der Waals surface area contributed by atoms with Crippen LogP contribution in [0, 0.1) is 0 Å². The number of azo groups is 1. The van der Waals surface area contributed by atoms with Crippen molar-refractivity contribution in [3.8, 4) is 0 Å². The first-order valence-corrected chi connectivity index (χ1v) is 11.1. The number of hydrogen-bond acceptors (Lipinski definition) is 10. The molecule has 0 saturated heterocycles. The highest BCUT2D eigenvalue weighted by molar-refractivity contribution is 5.73. The lowest BCUT2D eigenvalue weighted by atomic mass is 10.4. The predicted octanol–water partition coefficient (Wildman–Crippen LogP) is 0.770. The van der Waals surface area contributed by atoms with Gasteiger partial charge in [0, 0.05) is 12.2 Å². The summed E-state index contributed by atoms with van der Waals surface area (Å²) in [5.41, 5.74) is 17.6. The van der Waals surface area contributed by atoms with Crippen molar-refractivity contribution in [2.75, 3.05) is 18.8 Å². The second-order valence-electron chi connectivity index (χ2n) is 7.40. The number of nitrogens with zero attached hydrogens (tertiary/aromatic N) is 6. The van der Waals surface area contributed by atoms with Crippen molar-refractivity contribution in [3.05, 3.63) is 18.6 Å². The van der Waals surface area contributed by atoms with Gasteiger partial charge in [-0.3, -0.25) is 4.68 Å². The van der Waals surface area contributed by atoms with Crippen LogP contribution in [0.1, 0.15) is 12.8 Å². The zero-order chi connectivity index (χ0) is 34.2. The van der Waals surface area contributed by atoms with Gasteiger partial charge in [0.25, 0.3) is 0 Å². The summed E-state index contributed by atoms with van der Waals surface area (Å²) in [6.45, 7) is 2.85. The molecule has 0 amide bonds. The highest BCUT2D eigenvalue weighted by Crippen LogP contribution is 2.22. The highest BCUT2D eigenvalue weighted by Gasteiger charge is 2.38. The van der Waals surface area contributed by atoms with Gasteiger partial charge in [0.2, 0.25) is 0 Å². The second-order valence-corrected chi connectivity index (χ2v) is 7.40. The van der Waals surface area contributed by atoms with E-state index < -0.39 is 36.4 Å². The largest absolute Gasteiger partial charge is 0.542 e. The van der Waals surface area contributed by atoms with Crippen molar-refractivity contribution in [2.24, 2.45) is 28.7 Å².